The number of nitrogens with zero attached hydrogens (tertiary/aromatic N) is 2. The quantitative estimate of drug-likeness (QED) is 0.940. The van der Waals surface area contributed by atoms with Gasteiger partial charge in [0.2, 0.25) is 5.95 Å². The van der Waals surface area contributed by atoms with Crippen LogP contribution in [0.5, 0.6) is 5.75 Å². The predicted octanol–water partition coefficient (Wildman–Crippen LogP) is 2.95. The number of rotatable bonds is 3. The lowest BCUT2D eigenvalue weighted by molar-refractivity contribution is 0.414. The van der Waals surface area contributed by atoms with E-state index in [2.05, 4.69) is 35.9 Å². The van der Waals surface area contributed by atoms with Crippen molar-refractivity contribution in [3.63, 3.8) is 0 Å². The van der Waals surface area contributed by atoms with Gasteiger partial charge in [0.15, 0.2) is 0 Å². The molecule has 4 nitrogen and oxygen atoms in total. The Labute approximate surface area is 125 Å². The summed E-state index contributed by atoms with van der Waals surface area (Å²) < 4.78 is 5.22. The Morgan fingerprint density at radius 3 is 2.57 bits per heavy atom. The molecule has 21 heavy (non-hydrogen) atoms. The van der Waals surface area contributed by atoms with Crippen LogP contribution in [0.15, 0.2) is 24.3 Å². The van der Waals surface area contributed by atoms with Crippen LogP contribution in [0, 0.1) is 5.92 Å². The van der Waals surface area contributed by atoms with Crippen LogP contribution in [-0.4, -0.2) is 17.1 Å². The number of ether oxygens (including phenoxy) is 1. The summed E-state index contributed by atoms with van der Waals surface area (Å²) in [7, 11) is 1.68. The van der Waals surface area contributed by atoms with Crippen molar-refractivity contribution in [3.8, 4) is 5.75 Å². The smallest absolute Gasteiger partial charge is 0.220 e. The van der Waals surface area contributed by atoms with Crippen molar-refractivity contribution in [2.75, 3.05) is 12.8 Å². The van der Waals surface area contributed by atoms with Crippen molar-refractivity contribution in [1.82, 2.24) is 9.97 Å². The van der Waals surface area contributed by atoms with E-state index in [1.54, 1.807) is 7.11 Å². The van der Waals surface area contributed by atoms with E-state index in [4.69, 9.17) is 10.5 Å². The van der Waals surface area contributed by atoms with Crippen LogP contribution in [0.2, 0.25) is 0 Å². The van der Waals surface area contributed by atoms with Gasteiger partial charge in [-0.05, 0) is 42.0 Å². The number of anilines is 1. The second-order valence-corrected chi connectivity index (χ2v) is 5.90. The van der Waals surface area contributed by atoms with Gasteiger partial charge in [-0.25, -0.2) is 9.97 Å². The molecule has 110 valence electrons. The van der Waals surface area contributed by atoms with Gasteiger partial charge in [-0.2, -0.15) is 0 Å². The Kier molecular flexibility index (Phi) is 3.53. The minimum atomic E-state index is 0.209. The van der Waals surface area contributed by atoms with E-state index in [0.717, 1.165) is 30.0 Å². The molecule has 0 bridgehead atoms. The summed E-state index contributed by atoms with van der Waals surface area (Å²) in [5.74, 6) is 2.09. The molecule has 0 fully saturated rings. The molecule has 2 N–H and O–H groups in total. The van der Waals surface area contributed by atoms with E-state index in [0.29, 0.717) is 11.9 Å². The molecule has 1 aliphatic rings. The third-order valence-corrected chi connectivity index (χ3v) is 4.26. The first-order valence-corrected chi connectivity index (χ1v) is 7.37. The van der Waals surface area contributed by atoms with Crippen molar-refractivity contribution in [2.45, 2.75) is 32.6 Å². The maximum absolute atomic E-state index is 5.90. The average Bonchev–Trinajstić information content (AvgIpc) is 2.85. The van der Waals surface area contributed by atoms with Gasteiger partial charge in [0.05, 0.1) is 12.8 Å². The second-order valence-electron chi connectivity index (χ2n) is 5.90. The highest BCUT2D eigenvalue weighted by molar-refractivity contribution is 5.42. The van der Waals surface area contributed by atoms with E-state index in [1.807, 2.05) is 12.1 Å². The number of fused-ring (bicyclic) bond motifs is 1. The molecule has 0 saturated heterocycles. The number of benzene rings is 1. The zero-order valence-corrected chi connectivity index (χ0v) is 12.8. The molecular weight excluding hydrogens is 262 g/mol. The van der Waals surface area contributed by atoms with Crippen molar-refractivity contribution in [1.29, 1.82) is 0 Å². The Balaban J connectivity index is 1.99. The third kappa shape index (κ3) is 2.58. The molecule has 2 aromatic rings. The number of aromatic nitrogens is 2. The topological polar surface area (TPSA) is 61.0 Å². The van der Waals surface area contributed by atoms with Gasteiger partial charge < -0.3 is 10.5 Å². The average molecular weight is 283 g/mol. The van der Waals surface area contributed by atoms with Crippen LogP contribution < -0.4 is 10.5 Å². The molecule has 0 saturated carbocycles. The summed E-state index contributed by atoms with van der Waals surface area (Å²) in [5.41, 5.74) is 10.6. The fourth-order valence-electron chi connectivity index (χ4n) is 3.12. The lowest BCUT2D eigenvalue weighted by Crippen LogP contribution is -2.09. The lowest BCUT2D eigenvalue weighted by atomic mass is 9.93. The first-order valence-electron chi connectivity index (χ1n) is 7.37. The zero-order valence-electron chi connectivity index (χ0n) is 12.8. The summed E-state index contributed by atoms with van der Waals surface area (Å²) in [6.45, 7) is 4.42. The van der Waals surface area contributed by atoms with Crippen molar-refractivity contribution < 1.29 is 4.74 Å². The van der Waals surface area contributed by atoms with Gasteiger partial charge in [-0.15, -0.1) is 0 Å². The first-order chi connectivity index (χ1) is 10.1. The van der Waals surface area contributed by atoms with Crippen molar-refractivity contribution in [2.24, 2.45) is 5.92 Å². The summed E-state index contributed by atoms with van der Waals surface area (Å²) in [6, 6.07) is 8.15. The third-order valence-electron chi connectivity index (χ3n) is 4.26. The van der Waals surface area contributed by atoms with Crippen LogP contribution in [0.25, 0.3) is 0 Å². The molecule has 1 aliphatic carbocycles. The highest BCUT2D eigenvalue weighted by atomic mass is 16.5. The zero-order chi connectivity index (χ0) is 15.0. The van der Waals surface area contributed by atoms with E-state index < -0.39 is 0 Å². The van der Waals surface area contributed by atoms with Crippen LogP contribution in [-0.2, 0) is 12.8 Å². The summed E-state index contributed by atoms with van der Waals surface area (Å²) >= 11 is 0. The standard InChI is InChI=1S/C17H21N3O/c1-10-8-14-15(9-10)19-17(18)20-16(14)11(2)12-4-6-13(21-3)7-5-12/h4-7,10-11H,8-9H2,1-3H3,(H2,18,19,20). The molecule has 0 amide bonds. The SMILES string of the molecule is COc1ccc(C(C)c2nc(N)nc3c2CC(C)C3)cc1. The summed E-state index contributed by atoms with van der Waals surface area (Å²) in [5, 5.41) is 0. The highest BCUT2D eigenvalue weighted by Crippen LogP contribution is 2.34. The Bertz CT molecular complexity index is 652. The van der Waals surface area contributed by atoms with Gasteiger partial charge in [0.1, 0.15) is 5.75 Å². The van der Waals surface area contributed by atoms with E-state index in [9.17, 15) is 0 Å². The Hall–Kier alpha value is -2.10. The van der Waals surface area contributed by atoms with Gasteiger partial charge in [-0.1, -0.05) is 26.0 Å². The minimum absolute atomic E-state index is 0.209. The number of hydrogen-bond donors (Lipinski definition) is 1. The Morgan fingerprint density at radius 1 is 1.19 bits per heavy atom. The monoisotopic (exact) mass is 283 g/mol. The van der Waals surface area contributed by atoms with Crippen molar-refractivity contribution >= 4 is 5.95 Å². The van der Waals surface area contributed by atoms with Crippen LogP contribution >= 0.6 is 0 Å². The molecule has 1 aromatic carbocycles. The van der Waals surface area contributed by atoms with Crippen LogP contribution in [0.1, 0.15) is 42.3 Å². The maximum atomic E-state index is 5.90. The van der Waals surface area contributed by atoms with Gasteiger partial charge in [0.25, 0.3) is 0 Å². The van der Waals surface area contributed by atoms with Gasteiger partial charge >= 0.3 is 0 Å². The Morgan fingerprint density at radius 2 is 1.90 bits per heavy atom. The fourth-order valence-corrected chi connectivity index (χ4v) is 3.12. The normalized spacial score (nSPS) is 18.3. The van der Waals surface area contributed by atoms with Crippen LogP contribution in [0.4, 0.5) is 5.95 Å². The number of nitrogens with two attached hydrogens (primary N) is 1. The first kappa shape index (κ1) is 13.9. The van der Waals surface area contributed by atoms with Gasteiger partial charge in [0, 0.05) is 11.6 Å². The molecule has 0 spiro atoms. The maximum Gasteiger partial charge on any atom is 0.220 e. The molecule has 4 heteroatoms. The molecule has 3 rings (SSSR count). The largest absolute Gasteiger partial charge is 0.497 e. The molecule has 1 aromatic heterocycles. The predicted molar refractivity (Wildman–Crippen MR) is 83.5 cm³/mol. The second kappa shape index (κ2) is 5.35. The molecule has 2 unspecified atom stereocenters. The van der Waals surface area contributed by atoms with E-state index >= 15 is 0 Å². The number of hydrogen-bond acceptors (Lipinski definition) is 4. The van der Waals surface area contributed by atoms with E-state index in [-0.39, 0.29) is 5.92 Å². The minimum Gasteiger partial charge on any atom is -0.497 e. The highest BCUT2D eigenvalue weighted by Gasteiger charge is 2.26. The van der Waals surface area contributed by atoms with Crippen LogP contribution in [0.3, 0.4) is 0 Å². The molecule has 0 aliphatic heterocycles. The van der Waals surface area contributed by atoms with E-state index in [1.165, 1.54) is 11.1 Å². The summed E-state index contributed by atoms with van der Waals surface area (Å²) in [4.78, 5) is 8.95. The van der Waals surface area contributed by atoms with Gasteiger partial charge in [-0.3, -0.25) is 0 Å². The molecular formula is C17H21N3O. The lowest BCUT2D eigenvalue weighted by Gasteiger charge is -2.16. The summed E-state index contributed by atoms with van der Waals surface area (Å²) in [6.07, 6.45) is 2.05. The number of methoxy groups -OCH3 is 1. The fraction of sp³-hybridized carbons (Fsp3) is 0.412. The molecule has 0 radical (unpaired) electrons. The molecule has 1 heterocycles. The molecule has 2 atom stereocenters. The number of nitrogen functional groups attached to an aromatic ring is 1. The van der Waals surface area contributed by atoms with Crippen molar-refractivity contribution in [3.05, 3.63) is 46.8 Å².